The van der Waals surface area contributed by atoms with E-state index in [0.29, 0.717) is 16.7 Å². The van der Waals surface area contributed by atoms with Gasteiger partial charge in [-0.2, -0.15) is 0 Å². The first-order chi connectivity index (χ1) is 5.27. The van der Waals surface area contributed by atoms with Gasteiger partial charge in [0.2, 0.25) is 5.95 Å². The standard InChI is InChI=1S/C6H5ClN4/c7-4-3-5-9-1-2-11(5)6(8)10-4/h1-3H,(H2,8,10). The van der Waals surface area contributed by atoms with E-state index in [0.717, 1.165) is 0 Å². The van der Waals surface area contributed by atoms with E-state index in [4.69, 9.17) is 17.3 Å². The number of nitrogens with zero attached hydrogens (tertiary/aromatic N) is 3. The fourth-order valence-electron chi connectivity index (χ4n) is 0.918. The summed E-state index contributed by atoms with van der Waals surface area (Å²) in [6.07, 6.45) is 3.37. The van der Waals surface area contributed by atoms with Crippen molar-refractivity contribution in [2.45, 2.75) is 0 Å². The summed E-state index contributed by atoms with van der Waals surface area (Å²) in [5.74, 6) is 0.352. The van der Waals surface area contributed by atoms with Gasteiger partial charge in [-0.3, -0.25) is 4.40 Å². The van der Waals surface area contributed by atoms with Crippen molar-refractivity contribution in [2.75, 3.05) is 5.73 Å². The molecule has 56 valence electrons. The summed E-state index contributed by atoms with van der Waals surface area (Å²) in [5, 5.41) is 0.362. The van der Waals surface area contributed by atoms with Gasteiger partial charge in [-0.1, -0.05) is 11.6 Å². The van der Waals surface area contributed by atoms with Crippen molar-refractivity contribution >= 4 is 23.2 Å². The second-order valence-electron chi connectivity index (χ2n) is 2.09. The molecule has 0 radical (unpaired) electrons. The first-order valence-corrected chi connectivity index (χ1v) is 3.40. The molecule has 5 heteroatoms. The van der Waals surface area contributed by atoms with Gasteiger partial charge in [-0.15, -0.1) is 0 Å². The van der Waals surface area contributed by atoms with Crippen LogP contribution in [0.15, 0.2) is 18.5 Å². The van der Waals surface area contributed by atoms with Crippen LogP contribution in [0.1, 0.15) is 0 Å². The molecule has 0 aliphatic carbocycles. The lowest BCUT2D eigenvalue weighted by Crippen LogP contribution is -1.98. The van der Waals surface area contributed by atoms with Gasteiger partial charge in [0, 0.05) is 18.5 Å². The quantitative estimate of drug-likeness (QED) is 0.597. The van der Waals surface area contributed by atoms with E-state index in [9.17, 15) is 0 Å². The Morgan fingerprint density at radius 3 is 3.18 bits per heavy atom. The number of anilines is 1. The minimum absolute atomic E-state index is 0.352. The number of fused-ring (bicyclic) bond motifs is 1. The summed E-state index contributed by atoms with van der Waals surface area (Å²) >= 11 is 5.64. The molecule has 2 N–H and O–H groups in total. The van der Waals surface area contributed by atoms with Crippen molar-refractivity contribution in [3.8, 4) is 0 Å². The van der Waals surface area contributed by atoms with E-state index in [1.54, 1.807) is 22.9 Å². The second kappa shape index (κ2) is 2.10. The lowest BCUT2D eigenvalue weighted by molar-refractivity contribution is 1.11. The Labute approximate surface area is 67.6 Å². The lowest BCUT2D eigenvalue weighted by Gasteiger charge is -1.97. The summed E-state index contributed by atoms with van der Waals surface area (Å²) in [6.45, 7) is 0. The molecule has 2 rings (SSSR count). The van der Waals surface area contributed by atoms with Crippen LogP contribution >= 0.6 is 11.6 Å². The van der Waals surface area contributed by atoms with Gasteiger partial charge in [0.05, 0.1) is 0 Å². The van der Waals surface area contributed by atoms with Crippen molar-refractivity contribution in [3.05, 3.63) is 23.6 Å². The SMILES string of the molecule is Nc1nc(Cl)cc2nccn12. The van der Waals surface area contributed by atoms with Crippen LogP contribution in [0.25, 0.3) is 5.65 Å². The van der Waals surface area contributed by atoms with E-state index in [1.165, 1.54) is 0 Å². The van der Waals surface area contributed by atoms with Crippen molar-refractivity contribution in [2.24, 2.45) is 0 Å². The molecule has 0 amide bonds. The van der Waals surface area contributed by atoms with E-state index in [-0.39, 0.29) is 0 Å². The van der Waals surface area contributed by atoms with Gasteiger partial charge in [-0.05, 0) is 0 Å². The number of imidazole rings is 1. The first-order valence-electron chi connectivity index (χ1n) is 3.02. The fourth-order valence-corrected chi connectivity index (χ4v) is 1.10. The highest BCUT2D eigenvalue weighted by atomic mass is 35.5. The Morgan fingerprint density at radius 2 is 2.36 bits per heavy atom. The van der Waals surface area contributed by atoms with Gasteiger partial charge < -0.3 is 5.73 Å². The summed E-state index contributed by atoms with van der Waals surface area (Å²) in [4.78, 5) is 7.84. The maximum Gasteiger partial charge on any atom is 0.207 e. The highest BCUT2D eigenvalue weighted by molar-refractivity contribution is 6.29. The molecule has 2 heterocycles. The molecule has 0 saturated carbocycles. The van der Waals surface area contributed by atoms with Crippen molar-refractivity contribution in [1.29, 1.82) is 0 Å². The Bertz CT molecular complexity index is 394. The molecule has 0 aliphatic rings. The smallest absolute Gasteiger partial charge is 0.207 e. The Kier molecular flexibility index (Phi) is 1.22. The van der Waals surface area contributed by atoms with Crippen molar-refractivity contribution in [3.63, 3.8) is 0 Å². The molecule has 0 aliphatic heterocycles. The van der Waals surface area contributed by atoms with Crippen LogP contribution in [0, 0.1) is 0 Å². The van der Waals surface area contributed by atoms with Crippen LogP contribution in [0.4, 0.5) is 5.95 Å². The predicted molar refractivity (Wildman–Crippen MR) is 42.4 cm³/mol. The van der Waals surface area contributed by atoms with E-state index in [2.05, 4.69) is 9.97 Å². The number of aromatic nitrogens is 3. The lowest BCUT2D eigenvalue weighted by atomic mass is 10.6. The normalized spacial score (nSPS) is 10.6. The zero-order valence-electron chi connectivity index (χ0n) is 5.53. The molecule has 0 spiro atoms. The predicted octanol–water partition coefficient (Wildman–Crippen LogP) is 0.965. The number of nitrogens with two attached hydrogens (primary N) is 1. The van der Waals surface area contributed by atoms with Gasteiger partial charge in [0.25, 0.3) is 0 Å². The van der Waals surface area contributed by atoms with Gasteiger partial charge in [0.15, 0.2) is 0 Å². The maximum atomic E-state index is 5.64. The minimum atomic E-state index is 0.352. The third-order valence-corrected chi connectivity index (χ3v) is 1.58. The van der Waals surface area contributed by atoms with Crippen LogP contribution < -0.4 is 5.73 Å². The molecule has 4 nitrogen and oxygen atoms in total. The summed E-state index contributed by atoms with van der Waals surface area (Å²) < 4.78 is 1.66. The molecule has 0 bridgehead atoms. The average molecular weight is 169 g/mol. The molecule has 11 heavy (non-hydrogen) atoms. The van der Waals surface area contributed by atoms with Crippen molar-refractivity contribution < 1.29 is 0 Å². The van der Waals surface area contributed by atoms with Crippen LogP contribution in [-0.2, 0) is 0 Å². The molecule has 0 atom stereocenters. The number of halogens is 1. The molecule has 0 fully saturated rings. The number of hydrogen-bond donors (Lipinski definition) is 1. The molecular formula is C6H5ClN4. The monoisotopic (exact) mass is 168 g/mol. The topological polar surface area (TPSA) is 56.2 Å². The van der Waals surface area contributed by atoms with E-state index >= 15 is 0 Å². The largest absolute Gasteiger partial charge is 0.369 e. The molecular weight excluding hydrogens is 164 g/mol. The fraction of sp³-hybridized carbons (Fsp3) is 0. The van der Waals surface area contributed by atoms with Crippen LogP contribution in [0.2, 0.25) is 5.15 Å². The van der Waals surface area contributed by atoms with Gasteiger partial charge >= 0.3 is 0 Å². The van der Waals surface area contributed by atoms with Gasteiger partial charge in [-0.25, -0.2) is 9.97 Å². The molecule has 0 unspecified atom stereocenters. The maximum absolute atomic E-state index is 5.64. The number of nitrogen functional groups attached to an aromatic ring is 1. The third-order valence-electron chi connectivity index (χ3n) is 1.39. The summed E-state index contributed by atoms with van der Waals surface area (Å²) in [7, 11) is 0. The first kappa shape index (κ1) is 6.42. The number of hydrogen-bond acceptors (Lipinski definition) is 3. The summed E-state index contributed by atoms with van der Waals surface area (Å²) in [5.41, 5.74) is 6.24. The molecule has 0 aromatic carbocycles. The zero-order valence-corrected chi connectivity index (χ0v) is 6.28. The van der Waals surface area contributed by atoms with Crippen LogP contribution in [0.5, 0.6) is 0 Å². The molecule has 2 aromatic heterocycles. The summed E-state index contributed by atoms with van der Waals surface area (Å²) in [6, 6.07) is 1.65. The van der Waals surface area contributed by atoms with E-state index < -0.39 is 0 Å². The van der Waals surface area contributed by atoms with Gasteiger partial charge in [0.1, 0.15) is 10.8 Å². The average Bonchev–Trinajstić information content (AvgIpc) is 2.34. The Hall–Kier alpha value is -1.29. The third kappa shape index (κ3) is 0.914. The highest BCUT2D eigenvalue weighted by Gasteiger charge is 1.99. The van der Waals surface area contributed by atoms with Crippen LogP contribution in [0.3, 0.4) is 0 Å². The highest BCUT2D eigenvalue weighted by Crippen LogP contribution is 2.11. The van der Waals surface area contributed by atoms with Crippen molar-refractivity contribution in [1.82, 2.24) is 14.4 Å². The number of rotatable bonds is 0. The molecule has 2 aromatic rings. The Morgan fingerprint density at radius 1 is 1.55 bits per heavy atom. The molecule has 0 saturated heterocycles. The Balaban J connectivity index is 2.91. The minimum Gasteiger partial charge on any atom is -0.369 e. The second-order valence-corrected chi connectivity index (χ2v) is 2.48. The van der Waals surface area contributed by atoms with E-state index in [1.807, 2.05) is 0 Å². The zero-order chi connectivity index (χ0) is 7.84. The van der Waals surface area contributed by atoms with Crippen LogP contribution in [-0.4, -0.2) is 14.4 Å².